The van der Waals surface area contributed by atoms with E-state index in [2.05, 4.69) is 13.5 Å². The number of fused-ring (bicyclic) bond motifs is 1. The second-order valence-electron chi connectivity index (χ2n) is 4.84. The maximum atomic E-state index is 12.3. The highest BCUT2D eigenvalue weighted by Crippen LogP contribution is 2.26. The van der Waals surface area contributed by atoms with Gasteiger partial charge in [0, 0.05) is 5.92 Å². The Balaban J connectivity index is 1.91. The molecular formula is C12H13N3O3S2. The summed E-state index contributed by atoms with van der Waals surface area (Å²) in [5, 5.41) is 0. The Hall–Kier alpha value is -1.54. The van der Waals surface area contributed by atoms with Crippen LogP contribution >= 0.6 is 11.7 Å². The van der Waals surface area contributed by atoms with Crippen LogP contribution in [0.25, 0.3) is 11.0 Å². The van der Waals surface area contributed by atoms with Crippen LogP contribution < -0.4 is 4.72 Å². The number of carbonyl (C=O) groups is 1. The van der Waals surface area contributed by atoms with Gasteiger partial charge in [-0.15, -0.1) is 0 Å². The van der Waals surface area contributed by atoms with Crippen LogP contribution in [-0.2, 0) is 14.8 Å². The van der Waals surface area contributed by atoms with Crippen LogP contribution in [0.1, 0.15) is 25.7 Å². The van der Waals surface area contributed by atoms with Crippen molar-refractivity contribution >= 4 is 38.7 Å². The van der Waals surface area contributed by atoms with E-state index < -0.39 is 15.9 Å². The van der Waals surface area contributed by atoms with Gasteiger partial charge < -0.3 is 0 Å². The smallest absolute Gasteiger partial charge is 0.266 e. The molecule has 1 aromatic heterocycles. The summed E-state index contributed by atoms with van der Waals surface area (Å²) < 4.78 is 34.8. The van der Waals surface area contributed by atoms with Gasteiger partial charge in [-0.2, -0.15) is 8.75 Å². The highest BCUT2D eigenvalue weighted by atomic mass is 32.2. The molecule has 1 aliphatic rings. The lowest BCUT2D eigenvalue weighted by Gasteiger charge is -2.11. The number of amides is 1. The number of carbonyl (C=O) groups excluding carboxylic acids is 1. The fourth-order valence-corrected chi connectivity index (χ4v) is 4.27. The van der Waals surface area contributed by atoms with Crippen molar-refractivity contribution < 1.29 is 13.2 Å². The molecule has 1 fully saturated rings. The van der Waals surface area contributed by atoms with Gasteiger partial charge in [-0.3, -0.25) is 4.79 Å². The molecule has 6 nitrogen and oxygen atoms in total. The lowest BCUT2D eigenvalue weighted by atomic mass is 10.1. The normalized spacial score (nSPS) is 16.6. The predicted molar refractivity (Wildman–Crippen MR) is 74.7 cm³/mol. The summed E-state index contributed by atoms with van der Waals surface area (Å²) in [6, 6.07) is 4.73. The van der Waals surface area contributed by atoms with E-state index in [0.29, 0.717) is 11.0 Å². The lowest BCUT2D eigenvalue weighted by molar-refractivity contribution is -0.122. The third-order valence-corrected chi connectivity index (χ3v) is 5.42. The fraction of sp³-hybridized carbons (Fsp3) is 0.417. The highest BCUT2D eigenvalue weighted by molar-refractivity contribution is 7.90. The van der Waals surface area contributed by atoms with Crippen LogP contribution in [0.3, 0.4) is 0 Å². The molecule has 1 aromatic carbocycles. The van der Waals surface area contributed by atoms with Gasteiger partial charge >= 0.3 is 0 Å². The number of hydrogen-bond donors (Lipinski definition) is 1. The van der Waals surface area contributed by atoms with Crippen LogP contribution in [0.4, 0.5) is 0 Å². The van der Waals surface area contributed by atoms with Crippen LogP contribution in [0.15, 0.2) is 23.1 Å². The number of aromatic nitrogens is 2. The number of nitrogens with one attached hydrogen (secondary N) is 1. The molecule has 1 saturated carbocycles. The standard InChI is InChI=1S/C12H13N3O3S2/c16-12(8-4-1-2-5-8)15-20(17,18)10-7-3-6-9-11(10)14-19-13-9/h3,6-8H,1-2,4-5H2,(H,15,16). The molecule has 0 saturated heterocycles. The summed E-state index contributed by atoms with van der Waals surface area (Å²) in [6.07, 6.45) is 3.46. The molecule has 0 radical (unpaired) electrons. The van der Waals surface area contributed by atoms with Crippen LogP contribution in [0.5, 0.6) is 0 Å². The van der Waals surface area contributed by atoms with E-state index in [1.165, 1.54) is 6.07 Å². The van der Waals surface area contributed by atoms with Gasteiger partial charge in [0.1, 0.15) is 15.9 Å². The summed E-state index contributed by atoms with van der Waals surface area (Å²) in [4.78, 5) is 12.0. The van der Waals surface area contributed by atoms with Crippen molar-refractivity contribution in [3.8, 4) is 0 Å². The molecule has 1 amide bonds. The largest absolute Gasteiger partial charge is 0.274 e. The lowest BCUT2D eigenvalue weighted by Crippen LogP contribution is -2.34. The fourth-order valence-electron chi connectivity index (χ4n) is 2.46. The Kier molecular flexibility index (Phi) is 3.43. The monoisotopic (exact) mass is 311 g/mol. The average molecular weight is 311 g/mol. The third-order valence-electron chi connectivity index (χ3n) is 3.50. The SMILES string of the molecule is O=C(NS(=O)(=O)c1cccc2nsnc12)C1CCCC1. The van der Waals surface area contributed by atoms with Gasteiger partial charge in [0.15, 0.2) is 0 Å². The van der Waals surface area contributed by atoms with Crippen LogP contribution in [-0.4, -0.2) is 23.1 Å². The van der Waals surface area contributed by atoms with Crippen molar-refractivity contribution in [2.45, 2.75) is 30.6 Å². The van der Waals surface area contributed by atoms with Crippen molar-refractivity contribution in [1.29, 1.82) is 0 Å². The molecule has 0 aliphatic heterocycles. The molecule has 1 N–H and O–H groups in total. The second-order valence-corrected chi connectivity index (χ2v) is 7.02. The zero-order valence-electron chi connectivity index (χ0n) is 10.6. The molecule has 3 rings (SSSR count). The second kappa shape index (κ2) is 5.10. The molecule has 0 atom stereocenters. The van der Waals surface area contributed by atoms with E-state index in [-0.39, 0.29) is 10.8 Å². The Labute approximate surface area is 120 Å². The van der Waals surface area contributed by atoms with Crippen LogP contribution in [0, 0.1) is 5.92 Å². The molecule has 1 aliphatic carbocycles. The highest BCUT2D eigenvalue weighted by Gasteiger charge is 2.28. The number of hydrogen-bond acceptors (Lipinski definition) is 6. The molecule has 0 bridgehead atoms. The van der Waals surface area contributed by atoms with E-state index in [0.717, 1.165) is 37.4 Å². The first kappa shape index (κ1) is 13.4. The number of sulfonamides is 1. The molecule has 1 heterocycles. The van der Waals surface area contributed by atoms with Gasteiger partial charge in [0.25, 0.3) is 10.0 Å². The third kappa shape index (κ3) is 2.40. The topological polar surface area (TPSA) is 89.0 Å². The van der Waals surface area contributed by atoms with E-state index in [1.54, 1.807) is 12.1 Å². The first-order valence-electron chi connectivity index (χ1n) is 6.36. The number of nitrogens with zero attached hydrogens (tertiary/aromatic N) is 2. The minimum Gasteiger partial charge on any atom is -0.274 e. The van der Waals surface area contributed by atoms with Crippen molar-refractivity contribution in [2.75, 3.05) is 0 Å². The number of rotatable bonds is 3. The van der Waals surface area contributed by atoms with Crippen molar-refractivity contribution in [1.82, 2.24) is 13.5 Å². The first-order valence-corrected chi connectivity index (χ1v) is 8.57. The van der Waals surface area contributed by atoms with Crippen molar-refractivity contribution in [3.63, 3.8) is 0 Å². The van der Waals surface area contributed by atoms with E-state index in [4.69, 9.17) is 0 Å². The molecule has 2 aromatic rings. The van der Waals surface area contributed by atoms with Gasteiger partial charge in [-0.1, -0.05) is 18.9 Å². The summed E-state index contributed by atoms with van der Waals surface area (Å²) in [5.74, 6) is -0.611. The summed E-state index contributed by atoms with van der Waals surface area (Å²) >= 11 is 0.950. The van der Waals surface area contributed by atoms with Crippen molar-refractivity contribution in [3.05, 3.63) is 18.2 Å². The Bertz CT molecular complexity index is 748. The minimum atomic E-state index is -3.89. The maximum Gasteiger partial charge on any atom is 0.266 e. The minimum absolute atomic E-state index is 0.00935. The molecule has 20 heavy (non-hydrogen) atoms. The Morgan fingerprint density at radius 3 is 2.75 bits per heavy atom. The Morgan fingerprint density at radius 2 is 2.00 bits per heavy atom. The van der Waals surface area contributed by atoms with Gasteiger partial charge in [-0.25, -0.2) is 13.1 Å². The average Bonchev–Trinajstić information content (AvgIpc) is 3.08. The molecular weight excluding hydrogens is 298 g/mol. The van der Waals surface area contributed by atoms with E-state index in [9.17, 15) is 13.2 Å². The zero-order chi connectivity index (χ0) is 14.2. The van der Waals surface area contributed by atoms with Gasteiger partial charge in [0.2, 0.25) is 5.91 Å². The molecule has 8 heteroatoms. The molecule has 0 unspecified atom stereocenters. The predicted octanol–water partition coefficient (Wildman–Crippen LogP) is 1.69. The summed E-state index contributed by atoms with van der Waals surface area (Å²) in [5.41, 5.74) is 0.829. The van der Waals surface area contributed by atoms with E-state index >= 15 is 0 Å². The zero-order valence-corrected chi connectivity index (χ0v) is 12.2. The first-order chi connectivity index (χ1) is 9.58. The summed E-state index contributed by atoms with van der Waals surface area (Å²) in [7, 11) is -3.89. The number of benzene rings is 1. The maximum absolute atomic E-state index is 12.3. The summed E-state index contributed by atoms with van der Waals surface area (Å²) in [6.45, 7) is 0. The van der Waals surface area contributed by atoms with Crippen molar-refractivity contribution in [2.24, 2.45) is 5.92 Å². The van der Waals surface area contributed by atoms with E-state index in [1.807, 2.05) is 0 Å². The van der Waals surface area contributed by atoms with Crippen LogP contribution in [0.2, 0.25) is 0 Å². The van der Waals surface area contributed by atoms with Gasteiger partial charge in [0.05, 0.1) is 11.7 Å². The Morgan fingerprint density at radius 1 is 1.25 bits per heavy atom. The van der Waals surface area contributed by atoms with Gasteiger partial charge in [-0.05, 0) is 25.0 Å². The molecule has 106 valence electrons. The quantitative estimate of drug-likeness (QED) is 0.931. The molecule has 0 spiro atoms.